The highest BCUT2D eigenvalue weighted by atomic mass is 79.9. The van der Waals surface area contributed by atoms with Crippen LogP contribution in [0.4, 0.5) is 0 Å². The van der Waals surface area contributed by atoms with Crippen LogP contribution in [0.1, 0.15) is 31.4 Å². The fraction of sp³-hybridized carbons (Fsp3) is 0.538. The Balaban J connectivity index is 2.34. The van der Waals surface area contributed by atoms with Crippen molar-refractivity contribution in [1.82, 2.24) is 0 Å². The van der Waals surface area contributed by atoms with E-state index in [1.807, 2.05) is 0 Å². The van der Waals surface area contributed by atoms with E-state index in [9.17, 15) is 0 Å². The van der Waals surface area contributed by atoms with Crippen LogP contribution in [0.2, 0.25) is 0 Å². The average Bonchev–Trinajstić information content (AvgIpc) is 2.65. The number of hydrogen-bond acceptors (Lipinski definition) is 2. The van der Waals surface area contributed by atoms with Crippen LogP contribution >= 0.6 is 15.9 Å². The lowest BCUT2D eigenvalue weighted by Gasteiger charge is -2.24. The smallest absolute Gasteiger partial charge is 0.125 e. The van der Waals surface area contributed by atoms with Crippen LogP contribution < -0.4 is 10.5 Å². The Hall–Kier alpha value is -0.540. The number of hydrogen-bond donors (Lipinski definition) is 1. The third-order valence-corrected chi connectivity index (χ3v) is 3.69. The maximum Gasteiger partial charge on any atom is 0.125 e. The number of ether oxygens (including phenoxy) is 1. The van der Waals surface area contributed by atoms with E-state index < -0.39 is 0 Å². The van der Waals surface area contributed by atoms with Gasteiger partial charge in [-0.05, 0) is 43.0 Å². The van der Waals surface area contributed by atoms with Crippen molar-refractivity contribution in [3.05, 3.63) is 27.7 Å². The lowest BCUT2D eigenvalue weighted by molar-refractivity contribution is 0.348. The molecule has 0 fully saturated rings. The van der Waals surface area contributed by atoms with Crippen LogP contribution in [0.3, 0.4) is 0 Å². The molecule has 0 saturated heterocycles. The van der Waals surface area contributed by atoms with E-state index in [1.54, 1.807) is 0 Å². The molecule has 1 aromatic rings. The SMILES string of the molecule is CCC(C)(N)Cc1cc(Br)cc2c1OCC2. The molecular formula is C13H18BrNO. The minimum Gasteiger partial charge on any atom is -0.493 e. The molecule has 2 nitrogen and oxygen atoms in total. The monoisotopic (exact) mass is 283 g/mol. The van der Waals surface area contributed by atoms with Crippen molar-refractivity contribution >= 4 is 15.9 Å². The van der Waals surface area contributed by atoms with E-state index in [0.717, 1.165) is 36.1 Å². The summed E-state index contributed by atoms with van der Waals surface area (Å²) < 4.78 is 6.82. The van der Waals surface area contributed by atoms with Gasteiger partial charge >= 0.3 is 0 Å². The van der Waals surface area contributed by atoms with E-state index in [4.69, 9.17) is 10.5 Å². The molecule has 1 aliphatic rings. The summed E-state index contributed by atoms with van der Waals surface area (Å²) in [4.78, 5) is 0. The van der Waals surface area contributed by atoms with Crippen molar-refractivity contribution in [3.8, 4) is 5.75 Å². The van der Waals surface area contributed by atoms with Crippen molar-refractivity contribution in [3.63, 3.8) is 0 Å². The Kier molecular flexibility index (Phi) is 3.27. The van der Waals surface area contributed by atoms with Gasteiger partial charge in [-0.3, -0.25) is 0 Å². The predicted octanol–water partition coefficient (Wildman–Crippen LogP) is 3.05. The lowest BCUT2D eigenvalue weighted by atomic mass is 9.90. The van der Waals surface area contributed by atoms with Crippen LogP contribution in [0.5, 0.6) is 5.75 Å². The molecule has 0 amide bonds. The van der Waals surface area contributed by atoms with E-state index in [0.29, 0.717) is 0 Å². The Morgan fingerprint density at radius 2 is 2.25 bits per heavy atom. The van der Waals surface area contributed by atoms with Gasteiger partial charge in [-0.1, -0.05) is 22.9 Å². The zero-order valence-electron chi connectivity index (χ0n) is 9.85. The standard InChI is InChI=1S/C13H18BrNO/c1-3-13(2,15)8-10-7-11(14)6-9-4-5-16-12(9)10/h6-7H,3-5,8,15H2,1-2H3. The lowest BCUT2D eigenvalue weighted by Crippen LogP contribution is -2.37. The predicted molar refractivity (Wildman–Crippen MR) is 69.9 cm³/mol. The molecule has 2 rings (SSSR count). The van der Waals surface area contributed by atoms with E-state index >= 15 is 0 Å². The summed E-state index contributed by atoms with van der Waals surface area (Å²) >= 11 is 3.55. The number of fused-ring (bicyclic) bond motifs is 1. The molecule has 0 aliphatic carbocycles. The van der Waals surface area contributed by atoms with Gasteiger partial charge in [-0.2, -0.15) is 0 Å². The second-order valence-electron chi connectivity index (χ2n) is 4.84. The summed E-state index contributed by atoms with van der Waals surface area (Å²) in [5.41, 5.74) is 8.60. The summed E-state index contributed by atoms with van der Waals surface area (Å²) in [6.07, 6.45) is 2.84. The molecule has 2 N–H and O–H groups in total. The van der Waals surface area contributed by atoms with Gasteiger partial charge in [0.05, 0.1) is 6.61 Å². The van der Waals surface area contributed by atoms with Gasteiger partial charge in [0.15, 0.2) is 0 Å². The van der Waals surface area contributed by atoms with Gasteiger partial charge in [0, 0.05) is 16.4 Å². The normalized spacial score (nSPS) is 17.8. The van der Waals surface area contributed by atoms with Gasteiger partial charge in [0.1, 0.15) is 5.75 Å². The summed E-state index contributed by atoms with van der Waals surface area (Å²) in [5, 5.41) is 0. The van der Waals surface area contributed by atoms with Gasteiger partial charge in [-0.25, -0.2) is 0 Å². The summed E-state index contributed by atoms with van der Waals surface area (Å²) in [6.45, 7) is 5.01. The van der Waals surface area contributed by atoms with Gasteiger partial charge in [-0.15, -0.1) is 0 Å². The van der Waals surface area contributed by atoms with Crippen LogP contribution in [-0.4, -0.2) is 12.1 Å². The topological polar surface area (TPSA) is 35.2 Å². The molecule has 1 heterocycles. The van der Waals surface area contributed by atoms with E-state index in [2.05, 4.69) is 41.9 Å². The fourth-order valence-electron chi connectivity index (χ4n) is 2.04. The quantitative estimate of drug-likeness (QED) is 0.926. The largest absolute Gasteiger partial charge is 0.493 e. The first-order valence-electron chi connectivity index (χ1n) is 5.75. The molecule has 0 saturated carbocycles. The average molecular weight is 284 g/mol. The summed E-state index contributed by atoms with van der Waals surface area (Å²) in [5.74, 6) is 1.06. The molecule has 3 heteroatoms. The Morgan fingerprint density at radius 1 is 1.50 bits per heavy atom. The third kappa shape index (κ3) is 2.41. The molecule has 16 heavy (non-hydrogen) atoms. The summed E-state index contributed by atoms with van der Waals surface area (Å²) in [6, 6.07) is 4.27. The van der Waals surface area contributed by atoms with Gasteiger partial charge < -0.3 is 10.5 Å². The first-order valence-corrected chi connectivity index (χ1v) is 6.54. The maximum atomic E-state index is 6.22. The highest BCUT2D eigenvalue weighted by Gasteiger charge is 2.23. The van der Waals surface area contributed by atoms with Crippen molar-refractivity contribution in [2.45, 2.75) is 38.6 Å². The minimum absolute atomic E-state index is 0.152. The third-order valence-electron chi connectivity index (χ3n) is 3.23. The molecule has 0 radical (unpaired) electrons. The highest BCUT2D eigenvalue weighted by molar-refractivity contribution is 9.10. The Labute approximate surface area is 105 Å². The zero-order valence-corrected chi connectivity index (χ0v) is 11.4. The van der Waals surface area contributed by atoms with E-state index in [1.165, 1.54) is 11.1 Å². The second kappa shape index (κ2) is 4.38. The van der Waals surface area contributed by atoms with Crippen LogP contribution in [0.25, 0.3) is 0 Å². The molecule has 1 aliphatic heterocycles. The Bertz CT molecular complexity index is 401. The van der Waals surface area contributed by atoms with Gasteiger partial charge in [0.2, 0.25) is 0 Å². The number of nitrogens with two attached hydrogens (primary N) is 1. The molecule has 0 spiro atoms. The van der Waals surface area contributed by atoms with Gasteiger partial charge in [0.25, 0.3) is 0 Å². The highest BCUT2D eigenvalue weighted by Crippen LogP contribution is 2.34. The molecular weight excluding hydrogens is 266 g/mol. The number of halogens is 1. The maximum absolute atomic E-state index is 6.22. The van der Waals surface area contributed by atoms with Crippen LogP contribution in [-0.2, 0) is 12.8 Å². The first-order chi connectivity index (χ1) is 7.52. The van der Waals surface area contributed by atoms with E-state index in [-0.39, 0.29) is 5.54 Å². The molecule has 0 aromatic heterocycles. The van der Waals surface area contributed by atoms with Crippen LogP contribution in [0, 0.1) is 0 Å². The first kappa shape index (κ1) is 11.9. The molecule has 1 aromatic carbocycles. The molecule has 1 unspecified atom stereocenters. The minimum atomic E-state index is -0.152. The molecule has 88 valence electrons. The second-order valence-corrected chi connectivity index (χ2v) is 5.75. The Morgan fingerprint density at radius 3 is 2.94 bits per heavy atom. The van der Waals surface area contributed by atoms with Crippen molar-refractivity contribution in [1.29, 1.82) is 0 Å². The van der Waals surface area contributed by atoms with Crippen molar-refractivity contribution < 1.29 is 4.74 Å². The molecule has 0 bridgehead atoms. The zero-order chi connectivity index (χ0) is 11.8. The van der Waals surface area contributed by atoms with Crippen molar-refractivity contribution in [2.24, 2.45) is 5.73 Å². The van der Waals surface area contributed by atoms with Crippen LogP contribution in [0.15, 0.2) is 16.6 Å². The number of benzene rings is 1. The number of rotatable bonds is 3. The van der Waals surface area contributed by atoms with Crippen molar-refractivity contribution in [2.75, 3.05) is 6.61 Å². The molecule has 1 atom stereocenters. The fourth-order valence-corrected chi connectivity index (χ4v) is 2.59. The summed E-state index contributed by atoms with van der Waals surface area (Å²) in [7, 11) is 0.